The average Bonchev–Trinajstić information content (AvgIpc) is 2.91. The molecule has 1 fully saturated rings. The van der Waals surface area contributed by atoms with E-state index in [1.807, 2.05) is 13.0 Å². The molecule has 0 aromatic heterocycles. The van der Waals surface area contributed by atoms with Crippen LogP contribution >= 0.6 is 0 Å². The van der Waals surface area contributed by atoms with Crippen LogP contribution in [0.15, 0.2) is 24.3 Å². The molecule has 1 N–H and O–H groups in total. The molecule has 0 spiro atoms. The predicted octanol–water partition coefficient (Wildman–Crippen LogP) is 0.985. The molecule has 1 saturated heterocycles. The maximum Gasteiger partial charge on any atom is 0.324 e. The lowest BCUT2D eigenvalue weighted by molar-refractivity contribution is -0.133. The van der Waals surface area contributed by atoms with Crippen LogP contribution < -0.4 is 5.32 Å². The third kappa shape index (κ3) is 2.29. The highest BCUT2D eigenvalue weighted by Gasteiger charge is 2.33. The highest BCUT2D eigenvalue weighted by atomic mass is 16.2. The molecule has 0 aliphatic carbocycles. The third-order valence-corrected chi connectivity index (χ3v) is 4.19. The van der Waals surface area contributed by atoms with Gasteiger partial charge < -0.3 is 5.32 Å². The van der Waals surface area contributed by atoms with E-state index >= 15 is 0 Å². The summed E-state index contributed by atoms with van der Waals surface area (Å²) < 4.78 is 0. The number of imide groups is 1. The number of urea groups is 1. The Morgan fingerprint density at radius 1 is 1.25 bits per heavy atom. The predicted molar refractivity (Wildman–Crippen MR) is 75.1 cm³/mol. The molecule has 106 valence electrons. The summed E-state index contributed by atoms with van der Waals surface area (Å²) in [5.41, 5.74) is 2.64. The van der Waals surface area contributed by atoms with Gasteiger partial charge in [-0.3, -0.25) is 14.6 Å². The normalized spacial score (nSPS) is 20.4. The molecule has 5 nitrogen and oxygen atoms in total. The van der Waals surface area contributed by atoms with Gasteiger partial charge in [-0.2, -0.15) is 0 Å². The van der Waals surface area contributed by atoms with E-state index in [-0.39, 0.29) is 18.0 Å². The van der Waals surface area contributed by atoms with Crippen LogP contribution in [0.25, 0.3) is 0 Å². The van der Waals surface area contributed by atoms with Crippen molar-refractivity contribution in [3.8, 4) is 0 Å². The standard InChI is InChI=1S/C15H19N3O2/c1-11(14(19)18-9-7-16-15(18)20)17-8-6-12-4-2-3-5-13(12)10-17/h2-5,11H,6-10H2,1H3,(H,16,20)/t11-/m1/s1. The molecule has 1 atom stereocenters. The first-order valence-corrected chi connectivity index (χ1v) is 7.07. The number of rotatable bonds is 2. The summed E-state index contributed by atoms with van der Waals surface area (Å²) in [5, 5.41) is 2.67. The number of amides is 3. The first kappa shape index (κ1) is 13.1. The number of nitrogens with zero attached hydrogens (tertiary/aromatic N) is 2. The van der Waals surface area contributed by atoms with Crippen molar-refractivity contribution in [2.45, 2.75) is 25.9 Å². The van der Waals surface area contributed by atoms with E-state index in [2.05, 4.69) is 28.4 Å². The molecule has 20 heavy (non-hydrogen) atoms. The van der Waals surface area contributed by atoms with E-state index in [1.54, 1.807) is 0 Å². The molecule has 1 aromatic rings. The molecule has 2 heterocycles. The van der Waals surface area contributed by atoms with Crippen LogP contribution in [0, 0.1) is 0 Å². The number of nitrogens with one attached hydrogen (secondary N) is 1. The lowest BCUT2D eigenvalue weighted by Gasteiger charge is -2.34. The van der Waals surface area contributed by atoms with Crippen molar-refractivity contribution in [1.82, 2.24) is 15.1 Å². The Balaban J connectivity index is 1.71. The quantitative estimate of drug-likeness (QED) is 0.874. The monoisotopic (exact) mass is 273 g/mol. The van der Waals surface area contributed by atoms with Crippen molar-refractivity contribution in [3.63, 3.8) is 0 Å². The summed E-state index contributed by atoms with van der Waals surface area (Å²) >= 11 is 0. The molecule has 0 saturated carbocycles. The zero-order chi connectivity index (χ0) is 14.1. The van der Waals surface area contributed by atoms with Gasteiger partial charge in [0.25, 0.3) is 0 Å². The van der Waals surface area contributed by atoms with E-state index in [0.717, 1.165) is 19.5 Å². The Morgan fingerprint density at radius 3 is 2.70 bits per heavy atom. The summed E-state index contributed by atoms with van der Waals surface area (Å²) in [4.78, 5) is 27.4. The van der Waals surface area contributed by atoms with Gasteiger partial charge in [-0.25, -0.2) is 4.79 Å². The van der Waals surface area contributed by atoms with Crippen molar-refractivity contribution >= 4 is 11.9 Å². The number of hydrogen-bond donors (Lipinski definition) is 1. The fourth-order valence-electron chi connectivity index (χ4n) is 2.91. The smallest absolute Gasteiger partial charge is 0.324 e. The lowest BCUT2D eigenvalue weighted by atomic mass is 9.98. The van der Waals surface area contributed by atoms with Gasteiger partial charge in [-0.05, 0) is 24.5 Å². The molecular weight excluding hydrogens is 254 g/mol. The maximum absolute atomic E-state index is 12.4. The van der Waals surface area contributed by atoms with E-state index in [1.165, 1.54) is 16.0 Å². The van der Waals surface area contributed by atoms with Gasteiger partial charge in [-0.1, -0.05) is 24.3 Å². The molecule has 0 bridgehead atoms. The van der Waals surface area contributed by atoms with Gasteiger partial charge in [0.05, 0.1) is 6.04 Å². The SMILES string of the molecule is C[C@H](C(=O)N1CCNC1=O)N1CCc2ccccc2C1. The van der Waals surface area contributed by atoms with Crippen molar-refractivity contribution in [1.29, 1.82) is 0 Å². The Bertz CT molecular complexity index is 544. The van der Waals surface area contributed by atoms with Gasteiger partial charge >= 0.3 is 6.03 Å². The zero-order valence-corrected chi connectivity index (χ0v) is 11.6. The average molecular weight is 273 g/mol. The summed E-state index contributed by atoms with van der Waals surface area (Å²) in [5.74, 6) is -0.0978. The largest absolute Gasteiger partial charge is 0.336 e. The van der Waals surface area contributed by atoms with E-state index in [9.17, 15) is 9.59 Å². The Kier molecular flexibility index (Phi) is 3.44. The van der Waals surface area contributed by atoms with Gasteiger partial charge in [0.2, 0.25) is 5.91 Å². The highest BCUT2D eigenvalue weighted by Crippen LogP contribution is 2.21. The molecular formula is C15H19N3O2. The molecule has 3 rings (SSSR count). The fourth-order valence-corrected chi connectivity index (χ4v) is 2.91. The Hall–Kier alpha value is -1.88. The molecule has 0 radical (unpaired) electrons. The molecule has 3 amide bonds. The van der Waals surface area contributed by atoms with Crippen LogP contribution in [0.2, 0.25) is 0 Å². The van der Waals surface area contributed by atoms with Gasteiger partial charge in [0.15, 0.2) is 0 Å². The summed E-state index contributed by atoms with van der Waals surface area (Å²) in [6.07, 6.45) is 0.958. The van der Waals surface area contributed by atoms with Crippen LogP contribution in [0.3, 0.4) is 0 Å². The summed E-state index contributed by atoms with van der Waals surface area (Å²) in [6.45, 7) is 4.56. The van der Waals surface area contributed by atoms with Crippen molar-refractivity contribution in [3.05, 3.63) is 35.4 Å². The van der Waals surface area contributed by atoms with Crippen LogP contribution in [-0.4, -0.2) is 47.4 Å². The maximum atomic E-state index is 12.4. The van der Waals surface area contributed by atoms with Gasteiger partial charge in [0, 0.05) is 26.2 Å². The molecule has 5 heteroatoms. The second-order valence-corrected chi connectivity index (χ2v) is 5.39. The second kappa shape index (κ2) is 5.25. The van der Waals surface area contributed by atoms with Crippen molar-refractivity contribution in [2.24, 2.45) is 0 Å². The first-order chi connectivity index (χ1) is 9.66. The van der Waals surface area contributed by atoms with Crippen LogP contribution in [0.4, 0.5) is 4.79 Å². The van der Waals surface area contributed by atoms with Crippen LogP contribution in [0.5, 0.6) is 0 Å². The van der Waals surface area contributed by atoms with Crippen LogP contribution in [-0.2, 0) is 17.8 Å². The second-order valence-electron chi connectivity index (χ2n) is 5.39. The van der Waals surface area contributed by atoms with Crippen molar-refractivity contribution < 1.29 is 9.59 Å². The summed E-state index contributed by atoms with van der Waals surface area (Å²) in [6, 6.07) is 7.82. The summed E-state index contributed by atoms with van der Waals surface area (Å²) in [7, 11) is 0. The fraction of sp³-hybridized carbons (Fsp3) is 0.467. The third-order valence-electron chi connectivity index (χ3n) is 4.19. The number of carbonyl (C=O) groups excluding carboxylic acids is 2. The minimum Gasteiger partial charge on any atom is -0.336 e. The van der Waals surface area contributed by atoms with Crippen LogP contribution in [0.1, 0.15) is 18.1 Å². The number of carbonyl (C=O) groups is 2. The zero-order valence-electron chi connectivity index (χ0n) is 11.6. The first-order valence-electron chi connectivity index (χ1n) is 7.07. The topological polar surface area (TPSA) is 52.7 Å². The van der Waals surface area contributed by atoms with E-state index in [0.29, 0.717) is 13.1 Å². The lowest BCUT2D eigenvalue weighted by Crippen LogP contribution is -2.49. The van der Waals surface area contributed by atoms with E-state index < -0.39 is 0 Å². The Morgan fingerprint density at radius 2 is 2.00 bits per heavy atom. The molecule has 1 aromatic carbocycles. The van der Waals surface area contributed by atoms with Crippen molar-refractivity contribution in [2.75, 3.05) is 19.6 Å². The minimum absolute atomic E-state index is 0.0978. The molecule has 2 aliphatic heterocycles. The number of fused-ring (bicyclic) bond motifs is 1. The molecule has 0 unspecified atom stereocenters. The Labute approximate surface area is 118 Å². The number of benzene rings is 1. The van der Waals surface area contributed by atoms with Gasteiger partial charge in [-0.15, -0.1) is 0 Å². The number of hydrogen-bond acceptors (Lipinski definition) is 3. The molecule has 2 aliphatic rings. The highest BCUT2D eigenvalue weighted by molar-refractivity contribution is 5.98. The minimum atomic E-state index is -0.265. The van der Waals surface area contributed by atoms with Gasteiger partial charge in [0.1, 0.15) is 0 Å². The van der Waals surface area contributed by atoms with E-state index in [4.69, 9.17) is 0 Å².